The number of hydrogen-bond donors (Lipinski definition) is 1. The molecule has 1 aromatic carbocycles. The van der Waals surface area contributed by atoms with Gasteiger partial charge in [-0.05, 0) is 131 Å². The number of alkyl carbamates (subject to hydrolysis) is 1. The van der Waals surface area contributed by atoms with Crippen molar-refractivity contribution < 1.29 is 57.2 Å². The standard InChI is InChI=1S/C50H75NO12/c1-10-12-24-59-44(55)43(45(56)60-25-13-11-2)50(34-17-15-33(16-18-34)29-51-46(57)63-47(4,5)6)23-22-48(7)35(28-50)26-39(61-30-52)42-37-20-19-36(32(3)14-21-41(54)58-9)49(37,8)40(62-31-53)27-38(42)48/h15-18,30-32,35-40,42-43H,10-14,19-29H2,1-9H3,(H,51,57)/t32-,35-,36-,37+,38+,39-,40+,42+,48+,49-,50+/m1/s1. The van der Waals surface area contributed by atoms with Crippen LogP contribution in [0.25, 0.3) is 0 Å². The summed E-state index contributed by atoms with van der Waals surface area (Å²) in [6, 6.07) is 7.72. The van der Waals surface area contributed by atoms with Crippen molar-refractivity contribution in [3.05, 3.63) is 35.4 Å². The van der Waals surface area contributed by atoms with Crippen LogP contribution in [0, 0.1) is 52.3 Å². The van der Waals surface area contributed by atoms with E-state index in [1.807, 2.05) is 38.1 Å². The smallest absolute Gasteiger partial charge is 0.407 e. The zero-order chi connectivity index (χ0) is 46.2. The molecule has 63 heavy (non-hydrogen) atoms. The van der Waals surface area contributed by atoms with Crippen molar-refractivity contribution in [1.29, 1.82) is 0 Å². The molecule has 4 fully saturated rings. The summed E-state index contributed by atoms with van der Waals surface area (Å²) < 4.78 is 34.5. The highest BCUT2D eigenvalue weighted by atomic mass is 16.6. The third-order valence-corrected chi connectivity index (χ3v) is 16.0. The first kappa shape index (κ1) is 49.8. The van der Waals surface area contributed by atoms with Crippen LogP contribution < -0.4 is 5.32 Å². The lowest BCUT2D eigenvalue weighted by Crippen LogP contribution is -2.64. The maximum atomic E-state index is 14.5. The van der Waals surface area contributed by atoms with Crippen molar-refractivity contribution in [2.45, 2.75) is 169 Å². The Labute approximate surface area is 375 Å². The van der Waals surface area contributed by atoms with E-state index in [1.165, 1.54) is 7.11 Å². The predicted molar refractivity (Wildman–Crippen MR) is 235 cm³/mol. The van der Waals surface area contributed by atoms with Crippen molar-refractivity contribution in [2.24, 2.45) is 52.3 Å². The summed E-state index contributed by atoms with van der Waals surface area (Å²) in [5.74, 6) is -2.44. The summed E-state index contributed by atoms with van der Waals surface area (Å²) >= 11 is 0. The van der Waals surface area contributed by atoms with Gasteiger partial charge in [-0.1, -0.05) is 71.7 Å². The minimum atomic E-state index is -1.26. The van der Waals surface area contributed by atoms with E-state index in [-0.39, 0.29) is 66.7 Å². The fourth-order valence-electron chi connectivity index (χ4n) is 12.8. The Morgan fingerprint density at radius 3 is 2.08 bits per heavy atom. The quantitative estimate of drug-likeness (QED) is 0.0435. The molecule has 0 heterocycles. The van der Waals surface area contributed by atoms with Crippen LogP contribution >= 0.6 is 0 Å². The molecule has 1 N–H and O–H groups in total. The van der Waals surface area contributed by atoms with Gasteiger partial charge in [-0.3, -0.25) is 24.0 Å². The molecule has 11 atom stereocenters. The van der Waals surface area contributed by atoms with Crippen molar-refractivity contribution >= 4 is 36.9 Å². The normalized spacial score (nSPS) is 31.6. The van der Waals surface area contributed by atoms with E-state index in [1.54, 1.807) is 20.8 Å². The highest BCUT2D eigenvalue weighted by Crippen LogP contribution is 2.71. The summed E-state index contributed by atoms with van der Waals surface area (Å²) in [6.07, 6.45) is 6.94. The number of methoxy groups -OCH3 is 1. The Bertz CT molecular complexity index is 1720. The van der Waals surface area contributed by atoms with Gasteiger partial charge < -0.3 is 33.7 Å². The Morgan fingerprint density at radius 2 is 1.51 bits per heavy atom. The minimum absolute atomic E-state index is 0.000818. The number of carbonyl (C=O) groups is 6. The molecule has 0 aliphatic heterocycles. The number of nitrogens with one attached hydrogen (secondary N) is 1. The highest BCUT2D eigenvalue weighted by Gasteiger charge is 2.69. The van der Waals surface area contributed by atoms with E-state index in [4.69, 9.17) is 28.4 Å². The van der Waals surface area contributed by atoms with Gasteiger partial charge in [-0.15, -0.1) is 0 Å². The topological polar surface area (TPSA) is 170 Å². The first-order valence-electron chi connectivity index (χ1n) is 23.6. The maximum Gasteiger partial charge on any atom is 0.407 e. The van der Waals surface area contributed by atoms with Crippen LogP contribution in [-0.4, -0.2) is 75.1 Å². The van der Waals surface area contributed by atoms with Crippen LogP contribution in [-0.2, 0) is 64.4 Å². The third kappa shape index (κ3) is 10.7. The van der Waals surface area contributed by atoms with Gasteiger partial charge in [0.25, 0.3) is 12.9 Å². The average Bonchev–Trinajstić information content (AvgIpc) is 3.60. The Kier molecular flexibility index (Phi) is 16.8. The molecule has 0 bridgehead atoms. The summed E-state index contributed by atoms with van der Waals surface area (Å²) in [4.78, 5) is 78.5. The second-order valence-corrected chi connectivity index (χ2v) is 20.5. The van der Waals surface area contributed by atoms with Crippen LogP contribution in [0.4, 0.5) is 4.79 Å². The van der Waals surface area contributed by atoms with E-state index in [0.717, 1.165) is 36.8 Å². The molecule has 4 aliphatic carbocycles. The van der Waals surface area contributed by atoms with E-state index in [9.17, 15) is 28.8 Å². The van der Waals surface area contributed by atoms with Crippen molar-refractivity contribution in [3.8, 4) is 0 Å². The maximum absolute atomic E-state index is 14.5. The van der Waals surface area contributed by atoms with Gasteiger partial charge in [0.05, 0.1) is 20.3 Å². The third-order valence-electron chi connectivity index (χ3n) is 16.0. The van der Waals surface area contributed by atoms with E-state index < -0.39 is 52.6 Å². The second-order valence-electron chi connectivity index (χ2n) is 20.5. The molecule has 0 unspecified atom stereocenters. The number of hydrogen-bond acceptors (Lipinski definition) is 12. The molecule has 5 rings (SSSR count). The zero-order valence-corrected chi connectivity index (χ0v) is 39.4. The number of carbonyl (C=O) groups excluding carboxylic acids is 6. The molecule has 13 nitrogen and oxygen atoms in total. The Hall–Kier alpha value is -4.16. The number of rotatable bonds is 20. The average molecular weight is 882 g/mol. The summed E-state index contributed by atoms with van der Waals surface area (Å²) in [5, 5.41) is 2.82. The molecule has 1 amide bonds. The predicted octanol–water partition coefficient (Wildman–Crippen LogP) is 8.80. The number of amides is 1. The lowest BCUT2D eigenvalue weighted by Gasteiger charge is -2.65. The summed E-state index contributed by atoms with van der Waals surface area (Å²) in [7, 11) is 1.40. The highest BCUT2D eigenvalue weighted by molar-refractivity contribution is 5.97. The van der Waals surface area contributed by atoms with E-state index >= 15 is 0 Å². The lowest BCUT2D eigenvalue weighted by molar-refractivity contribution is -0.218. The number of benzene rings is 1. The van der Waals surface area contributed by atoms with Gasteiger partial charge in [0.2, 0.25) is 0 Å². The van der Waals surface area contributed by atoms with E-state index in [2.05, 4.69) is 26.1 Å². The first-order valence-corrected chi connectivity index (χ1v) is 23.6. The van der Waals surface area contributed by atoms with Crippen molar-refractivity contribution in [3.63, 3.8) is 0 Å². The van der Waals surface area contributed by atoms with Gasteiger partial charge in [0.15, 0.2) is 5.92 Å². The zero-order valence-electron chi connectivity index (χ0n) is 39.4. The monoisotopic (exact) mass is 882 g/mol. The first-order chi connectivity index (χ1) is 29.9. The van der Waals surface area contributed by atoms with Crippen LogP contribution in [0.15, 0.2) is 24.3 Å². The minimum Gasteiger partial charge on any atom is -0.469 e. The van der Waals surface area contributed by atoms with Crippen molar-refractivity contribution in [2.75, 3.05) is 20.3 Å². The summed E-state index contributed by atoms with van der Waals surface area (Å²) in [5.41, 5.74) is -0.835. The van der Waals surface area contributed by atoms with E-state index in [0.29, 0.717) is 70.7 Å². The van der Waals surface area contributed by atoms with Gasteiger partial charge in [0, 0.05) is 29.7 Å². The Morgan fingerprint density at radius 1 is 0.873 bits per heavy atom. The number of ether oxygens (including phenoxy) is 6. The van der Waals surface area contributed by atoms with Crippen LogP contribution in [0.5, 0.6) is 0 Å². The van der Waals surface area contributed by atoms with Crippen LogP contribution in [0.2, 0.25) is 0 Å². The number of unbranched alkanes of at least 4 members (excludes halogenated alkanes) is 2. The SMILES string of the molecule is CCCCOC(=O)C(C(=O)OCCCC)[C@@]1(c2ccc(CNC(=O)OC(C)(C)C)cc2)CC[C@@]2(C)[C@H](C[C@@H](OC=O)[C@@H]3[C@@H]2C[C@H](OC=O)[C@]2(C)[C@@H]([C@H](C)CCC(=O)OC)CC[C@@H]32)C1. The molecule has 0 aromatic heterocycles. The second kappa shape index (κ2) is 21.2. The largest absolute Gasteiger partial charge is 0.469 e. The molecule has 1 aromatic rings. The summed E-state index contributed by atoms with van der Waals surface area (Å²) in [6.45, 7) is 17.8. The van der Waals surface area contributed by atoms with Gasteiger partial charge in [0.1, 0.15) is 17.8 Å². The van der Waals surface area contributed by atoms with Crippen LogP contribution in [0.3, 0.4) is 0 Å². The van der Waals surface area contributed by atoms with Gasteiger partial charge >= 0.3 is 24.0 Å². The molecular weight excluding hydrogens is 807 g/mol. The Balaban J connectivity index is 1.56. The fraction of sp³-hybridized carbons (Fsp3) is 0.760. The molecule has 0 saturated heterocycles. The van der Waals surface area contributed by atoms with Gasteiger partial charge in [-0.25, -0.2) is 4.79 Å². The molecular formula is C50H75NO12. The molecule has 352 valence electrons. The van der Waals surface area contributed by atoms with Crippen molar-refractivity contribution in [1.82, 2.24) is 5.32 Å². The molecule has 0 spiro atoms. The number of fused-ring (bicyclic) bond motifs is 5. The fourth-order valence-corrected chi connectivity index (χ4v) is 12.8. The lowest BCUT2D eigenvalue weighted by atomic mass is 9.40. The van der Waals surface area contributed by atoms with Gasteiger partial charge in [-0.2, -0.15) is 0 Å². The molecule has 4 aliphatic rings. The molecule has 4 saturated carbocycles. The number of esters is 3. The molecule has 13 heteroatoms. The molecule has 0 radical (unpaired) electrons. The van der Waals surface area contributed by atoms with Crippen LogP contribution in [0.1, 0.15) is 150 Å².